The number of aryl methyl sites for hydroxylation is 1. The average Bonchev–Trinajstić information content (AvgIpc) is 2.79. The van der Waals surface area contributed by atoms with E-state index in [9.17, 15) is 8.42 Å². The molecule has 6 heteroatoms. The minimum Gasteiger partial charge on any atom is -0.250 e. The van der Waals surface area contributed by atoms with Gasteiger partial charge in [-0.1, -0.05) is 12.1 Å². The van der Waals surface area contributed by atoms with Gasteiger partial charge in [-0.25, -0.2) is 18.4 Å². The van der Waals surface area contributed by atoms with Crippen LogP contribution in [0.3, 0.4) is 0 Å². The molecule has 2 aromatic rings. The number of hydrogen-bond donors (Lipinski definition) is 0. The van der Waals surface area contributed by atoms with E-state index in [2.05, 4.69) is 9.97 Å². The van der Waals surface area contributed by atoms with E-state index in [4.69, 9.17) is 0 Å². The molecule has 1 aromatic heterocycles. The summed E-state index contributed by atoms with van der Waals surface area (Å²) in [6, 6.07) is 7.87. The van der Waals surface area contributed by atoms with Crippen LogP contribution in [0.25, 0.3) is 11.0 Å². The molecule has 1 aliphatic rings. The van der Waals surface area contributed by atoms with Gasteiger partial charge in [-0.3, -0.25) is 0 Å². The topological polar surface area (TPSA) is 59.9 Å². The summed E-state index contributed by atoms with van der Waals surface area (Å²) >= 11 is 1.76. The van der Waals surface area contributed by atoms with Crippen molar-refractivity contribution in [2.45, 2.75) is 19.1 Å². The third-order valence-corrected chi connectivity index (χ3v) is 6.78. The highest BCUT2D eigenvalue weighted by atomic mass is 32.2. The van der Waals surface area contributed by atoms with Crippen LogP contribution in [0.15, 0.2) is 24.3 Å². The van der Waals surface area contributed by atoms with Crippen LogP contribution in [0.2, 0.25) is 0 Å². The second kappa shape index (κ2) is 5.93. The molecule has 0 amide bonds. The Hall–Kier alpha value is -1.14. The van der Waals surface area contributed by atoms with Crippen LogP contribution in [0.4, 0.5) is 0 Å². The molecular weight excluding hydrogens is 304 g/mol. The van der Waals surface area contributed by atoms with Gasteiger partial charge in [0.05, 0.1) is 33.9 Å². The molecule has 0 spiro atoms. The van der Waals surface area contributed by atoms with Crippen LogP contribution in [-0.2, 0) is 15.6 Å². The van der Waals surface area contributed by atoms with Gasteiger partial charge in [-0.05, 0) is 37.1 Å². The first kappa shape index (κ1) is 14.8. The van der Waals surface area contributed by atoms with Gasteiger partial charge < -0.3 is 0 Å². The van der Waals surface area contributed by atoms with Gasteiger partial charge in [0.1, 0.15) is 0 Å². The number of thioether (sulfide) groups is 1. The zero-order valence-electron chi connectivity index (χ0n) is 11.9. The molecule has 1 atom stereocenters. The van der Waals surface area contributed by atoms with Gasteiger partial charge in [-0.15, -0.1) is 0 Å². The highest BCUT2D eigenvalue weighted by Crippen LogP contribution is 2.25. The number of nitrogens with zero attached hydrogens (tertiary/aromatic N) is 2. The summed E-state index contributed by atoms with van der Waals surface area (Å²) in [6.07, 6.45) is 0.803. The van der Waals surface area contributed by atoms with Gasteiger partial charge in [0.2, 0.25) is 0 Å². The predicted octanol–water partition coefficient (Wildman–Crippen LogP) is 2.61. The Kier molecular flexibility index (Phi) is 4.17. The zero-order chi connectivity index (χ0) is 14.9. The second-order valence-electron chi connectivity index (χ2n) is 5.53. The van der Waals surface area contributed by atoms with E-state index in [1.165, 1.54) is 0 Å². The number of benzene rings is 1. The molecule has 0 bridgehead atoms. The second-order valence-corrected chi connectivity index (χ2v) is 8.79. The molecule has 1 unspecified atom stereocenters. The quantitative estimate of drug-likeness (QED) is 0.866. The van der Waals surface area contributed by atoms with Crippen molar-refractivity contribution in [3.05, 3.63) is 35.7 Å². The van der Waals surface area contributed by atoms with Gasteiger partial charge in [0, 0.05) is 5.75 Å². The first-order valence-corrected chi connectivity index (χ1v) is 10.0. The van der Waals surface area contributed by atoms with Crippen LogP contribution < -0.4 is 0 Å². The largest absolute Gasteiger partial charge is 0.250 e. The lowest BCUT2D eigenvalue weighted by Gasteiger charge is -2.09. The van der Waals surface area contributed by atoms with E-state index < -0.39 is 9.84 Å². The Balaban J connectivity index is 1.64. The van der Waals surface area contributed by atoms with E-state index in [1.54, 1.807) is 11.8 Å². The monoisotopic (exact) mass is 322 g/mol. The van der Waals surface area contributed by atoms with Crippen molar-refractivity contribution in [3.63, 3.8) is 0 Å². The SMILES string of the molecule is Cc1nc2ccccc2nc1CSCC1CCS(=O)(=O)C1. The van der Waals surface area contributed by atoms with Crippen molar-refractivity contribution in [1.82, 2.24) is 9.97 Å². The smallest absolute Gasteiger partial charge is 0.150 e. The number of para-hydroxylation sites is 2. The molecular formula is C15H18N2O2S2. The molecule has 21 heavy (non-hydrogen) atoms. The van der Waals surface area contributed by atoms with Gasteiger partial charge in [0.15, 0.2) is 9.84 Å². The Labute approximate surface area is 129 Å². The molecule has 0 radical (unpaired) electrons. The zero-order valence-corrected chi connectivity index (χ0v) is 13.6. The maximum absolute atomic E-state index is 11.4. The lowest BCUT2D eigenvalue weighted by molar-refractivity contribution is 0.599. The summed E-state index contributed by atoms with van der Waals surface area (Å²) in [7, 11) is -2.77. The summed E-state index contributed by atoms with van der Waals surface area (Å²) < 4.78 is 22.9. The summed E-state index contributed by atoms with van der Waals surface area (Å²) in [4.78, 5) is 9.24. The summed E-state index contributed by atoms with van der Waals surface area (Å²) in [6.45, 7) is 1.98. The summed E-state index contributed by atoms with van der Waals surface area (Å²) in [5, 5.41) is 0. The fourth-order valence-corrected chi connectivity index (χ4v) is 5.80. The average molecular weight is 322 g/mol. The van der Waals surface area contributed by atoms with Crippen LogP contribution in [0.1, 0.15) is 17.8 Å². The normalized spacial score (nSPS) is 20.9. The van der Waals surface area contributed by atoms with Crippen LogP contribution in [-0.4, -0.2) is 35.6 Å². The summed E-state index contributed by atoms with van der Waals surface area (Å²) in [5.41, 5.74) is 3.80. The third-order valence-electron chi connectivity index (χ3n) is 3.76. The van der Waals surface area contributed by atoms with Crippen LogP contribution in [0.5, 0.6) is 0 Å². The minimum atomic E-state index is -2.77. The van der Waals surface area contributed by atoms with Gasteiger partial charge in [0.25, 0.3) is 0 Å². The van der Waals surface area contributed by atoms with Crippen molar-refractivity contribution in [3.8, 4) is 0 Å². The minimum absolute atomic E-state index is 0.300. The van der Waals surface area contributed by atoms with Crippen molar-refractivity contribution in [1.29, 1.82) is 0 Å². The molecule has 2 heterocycles. The maximum Gasteiger partial charge on any atom is 0.150 e. The number of aromatic nitrogens is 2. The lowest BCUT2D eigenvalue weighted by Crippen LogP contribution is -2.07. The Bertz CT molecular complexity index is 759. The first-order chi connectivity index (χ1) is 10.0. The molecule has 4 nitrogen and oxygen atoms in total. The Morgan fingerprint density at radius 1 is 1.24 bits per heavy atom. The highest BCUT2D eigenvalue weighted by molar-refractivity contribution is 7.98. The van der Waals surface area contributed by atoms with E-state index in [1.807, 2.05) is 31.2 Å². The van der Waals surface area contributed by atoms with E-state index >= 15 is 0 Å². The van der Waals surface area contributed by atoms with Gasteiger partial charge in [-0.2, -0.15) is 11.8 Å². The standard InChI is InChI=1S/C15H18N2O2S2/c1-11-15(17-14-5-3-2-4-13(14)16-11)9-20-8-12-6-7-21(18,19)10-12/h2-5,12H,6-10H2,1H3. The van der Waals surface area contributed by atoms with Gasteiger partial charge >= 0.3 is 0 Å². The van der Waals surface area contributed by atoms with E-state index in [0.29, 0.717) is 17.4 Å². The number of sulfone groups is 1. The maximum atomic E-state index is 11.4. The molecule has 0 aliphatic carbocycles. The van der Waals surface area contributed by atoms with Crippen molar-refractivity contribution in [2.75, 3.05) is 17.3 Å². The number of rotatable bonds is 4. The van der Waals surface area contributed by atoms with E-state index in [-0.39, 0.29) is 0 Å². The van der Waals surface area contributed by atoms with Crippen molar-refractivity contribution >= 4 is 32.6 Å². The molecule has 112 valence electrons. The third kappa shape index (κ3) is 3.55. The van der Waals surface area contributed by atoms with Crippen molar-refractivity contribution < 1.29 is 8.42 Å². The van der Waals surface area contributed by atoms with Crippen LogP contribution >= 0.6 is 11.8 Å². The Morgan fingerprint density at radius 2 is 1.95 bits per heavy atom. The number of fused-ring (bicyclic) bond motifs is 1. The summed E-state index contributed by atoms with van der Waals surface area (Å²) in [5.74, 6) is 2.68. The predicted molar refractivity (Wildman–Crippen MR) is 87.2 cm³/mol. The fourth-order valence-electron chi connectivity index (χ4n) is 2.59. The van der Waals surface area contributed by atoms with Crippen LogP contribution in [0, 0.1) is 12.8 Å². The molecule has 3 rings (SSSR count). The molecule has 1 saturated heterocycles. The number of hydrogen-bond acceptors (Lipinski definition) is 5. The first-order valence-electron chi connectivity index (χ1n) is 7.04. The molecule has 0 saturated carbocycles. The molecule has 1 aromatic carbocycles. The lowest BCUT2D eigenvalue weighted by atomic mass is 10.2. The molecule has 0 N–H and O–H groups in total. The molecule has 1 fully saturated rings. The van der Waals surface area contributed by atoms with E-state index in [0.717, 1.165) is 40.3 Å². The Morgan fingerprint density at radius 3 is 2.62 bits per heavy atom. The fraction of sp³-hybridized carbons (Fsp3) is 0.467. The highest BCUT2D eigenvalue weighted by Gasteiger charge is 2.27. The van der Waals surface area contributed by atoms with Crippen molar-refractivity contribution in [2.24, 2.45) is 5.92 Å². The molecule has 1 aliphatic heterocycles.